The fraction of sp³-hybridized carbons (Fsp3) is 0.889. The molecule has 0 spiro atoms. The molecule has 0 amide bonds. The van der Waals surface area contributed by atoms with Crippen LogP contribution in [-0.4, -0.2) is 35.7 Å². The Morgan fingerprint density at radius 3 is 2.26 bits per heavy atom. The molecule has 1 aliphatic carbocycles. The van der Waals surface area contributed by atoms with Crippen LogP contribution in [0.1, 0.15) is 60.8 Å². The average Bonchev–Trinajstić information content (AvgIpc) is 3.17. The summed E-state index contributed by atoms with van der Waals surface area (Å²) >= 11 is 0. The van der Waals surface area contributed by atoms with E-state index in [0.29, 0.717) is 24.3 Å². The summed E-state index contributed by atoms with van der Waals surface area (Å²) in [5.41, 5.74) is -1.90. The second kappa shape index (κ2) is 6.42. The molecule has 0 radical (unpaired) electrons. The summed E-state index contributed by atoms with van der Waals surface area (Å²) in [6, 6.07) is 0. The third kappa shape index (κ3) is 4.25. The van der Waals surface area contributed by atoms with Crippen LogP contribution in [0.5, 0.6) is 0 Å². The summed E-state index contributed by atoms with van der Waals surface area (Å²) in [6.07, 6.45) is 3.02. The van der Waals surface area contributed by atoms with E-state index in [2.05, 4.69) is 26.1 Å². The van der Waals surface area contributed by atoms with Crippen LogP contribution in [-0.2, 0) is 19.1 Å². The molecule has 132 valence electrons. The standard InChI is InChI=1S/C18H31NO4/c1-11(2)13-8-7-12(3)9-14(13)22-15(20)18(10-19-18)16(21)23-17(4,5)6/h11-14,19H,7-10H2,1-6H3. The zero-order valence-corrected chi connectivity index (χ0v) is 15.3. The predicted octanol–water partition coefficient (Wildman–Crippen LogP) is 2.67. The van der Waals surface area contributed by atoms with Crippen molar-refractivity contribution in [2.45, 2.75) is 78.0 Å². The van der Waals surface area contributed by atoms with Gasteiger partial charge < -0.3 is 9.47 Å². The van der Waals surface area contributed by atoms with Gasteiger partial charge in [0.2, 0.25) is 5.54 Å². The molecule has 2 rings (SSSR count). The number of hydrogen-bond acceptors (Lipinski definition) is 5. The number of carbonyl (C=O) groups excluding carboxylic acids is 2. The SMILES string of the molecule is CC1CCC(C(C)C)C(OC(=O)C2(C(=O)OC(C)(C)C)CN2)C1. The Bertz CT molecular complexity index is 462. The molecule has 1 aliphatic heterocycles. The van der Waals surface area contributed by atoms with Crippen molar-refractivity contribution in [1.82, 2.24) is 5.32 Å². The highest BCUT2D eigenvalue weighted by Gasteiger charge is 2.61. The highest BCUT2D eigenvalue weighted by atomic mass is 16.6. The Hall–Kier alpha value is -1.10. The van der Waals surface area contributed by atoms with Gasteiger partial charge in [0.1, 0.15) is 11.7 Å². The van der Waals surface area contributed by atoms with Gasteiger partial charge in [-0.3, -0.25) is 5.32 Å². The van der Waals surface area contributed by atoms with E-state index in [0.717, 1.165) is 12.8 Å². The first-order valence-corrected chi connectivity index (χ1v) is 8.75. The van der Waals surface area contributed by atoms with Crippen LogP contribution >= 0.6 is 0 Å². The van der Waals surface area contributed by atoms with Crippen molar-refractivity contribution in [1.29, 1.82) is 0 Å². The van der Waals surface area contributed by atoms with Gasteiger partial charge in [-0.2, -0.15) is 0 Å². The number of esters is 2. The van der Waals surface area contributed by atoms with Crippen LogP contribution in [0.25, 0.3) is 0 Å². The number of carbonyl (C=O) groups is 2. The van der Waals surface area contributed by atoms with Crippen LogP contribution in [0.2, 0.25) is 0 Å². The largest absolute Gasteiger partial charge is 0.460 e. The van der Waals surface area contributed by atoms with Crippen molar-refractivity contribution >= 4 is 11.9 Å². The maximum absolute atomic E-state index is 12.6. The Morgan fingerprint density at radius 1 is 1.17 bits per heavy atom. The lowest BCUT2D eigenvalue weighted by molar-refractivity contribution is -0.171. The Morgan fingerprint density at radius 2 is 1.78 bits per heavy atom. The Balaban J connectivity index is 2.03. The molecule has 4 unspecified atom stereocenters. The molecule has 2 fully saturated rings. The maximum Gasteiger partial charge on any atom is 0.339 e. The average molecular weight is 325 g/mol. The zero-order chi connectivity index (χ0) is 17.4. The molecular weight excluding hydrogens is 294 g/mol. The molecule has 0 aromatic rings. The fourth-order valence-electron chi connectivity index (χ4n) is 3.31. The maximum atomic E-state index is 12.6. The normalized spacial score (nSPS) is 34.1. The summed E-state index contributed by atoms with van der Waals surface area (Å²) < 4.78 is 11.2. The van der Waals surface area contributed by atoms with Crippen molar-refractivity contribution in [2.75, 3.05) is 6.54 Å². The van der Waals surface area contributed by atoms with Crippen molar-refractivity contribution in [3.05, 3.63) is 0 Å². The topological polar surface area (TPSA) is 74.5 Å². The van der Waals surface area contributed by atoms with Gasteiger partial charge in [-0.05, 0) is 51.4 Å². The summed E-state index contributed by atoms with van der Waals surface area (Å²) in [5.74, 6) is 0.374. The number of nitrogens with one attached hydrogen (secondary N) is 1. The second-order valence-corrected chi connectivity index (χ2v) is 8.53. The highest BCUT2D eigenvalue weighted by Crippen LogP contribution is 2.36. The minimum Gasteiger partial charge on any atom is -0.460 e. The molecule has 0 aromatic heterocycles. The first kappa shape index (κ1) is 18.2. The van der Waals surface area contributed by atoms with Gasteiger partial charge in [0, 0.05) is 6.54 Å². The van der Waals surface area contributed by atoms with E-state index in [9.17, 15) is 9.59 Å². The van der Waals surface area contributed by atoms with E-state index in [1.807, 2.05) is 0 Å². The van der Waals surface area contributed by atoms with Crippen LogP contribution in [0, 0.1) is 17.8 Å². The van der Waals surface area contributed by atoms with E-state index in [1.165, 1.54) is 6.42 Å². The van der Waals surface area contributed by atoms with Crippen LogP contribution in [0.3, 0.4) is 0 Å². The molecular formula is C18H31NO4. The lowest BCUT2D eigenvalue weighted by Crippen LogP contribution is -2.46. The Kier molecular flexibility index (Phi) is 5.09. The molecule has 1 heterocycles. The minimum absolute atomic E-state index is 0.104. The number of ether oxygens (including phenoxy) is 2. The summed E-state index contributed by atoms with van der Waals surface area (Å²) in [7, 11) is 0. The number of hydrogen-bond donors (Lipinski definition) is 1. The van der Waals surface area contributed by atoms with Crippen molar-refractivity contribution in [3.8, 4) is 0 Å². The van der Waals surface area contributed by atoms with Gasteiger partial charge in [-0.1, -0.05) is 27.2 Å². The molecule has 1 saturated heterocycles. The summed E-state index contributed by atoms with van der Waals surface area (Å²) in [4.78, 5) is 24.9. The second-order valence-electron chi connectivity index (χ2n) is 8.53. The monoisotopic (exact) mass is 325 g/mol. The molecule has 5 heteroatoms. The lowest BCUT2D eigenvalue weighted by atomic mass is 9.75. The minimum atomic E-state index is -1.28. The smallest absolute Gasteiger partial charge is 0.339 e. The van der Waals surface area contributed by atoms with E-state index in [-0.39, 0.29) is 6.10 Å². The van der Waals surface area contributed by atoms with Gasteiger partial charge in [0.05, 0.1) is 0 Å². The lowest BCUT2D eigenvalue weighted by Gasteiger charge is -2.37. The molecule has 1 N–H and O–H groups in total. The van der Waals surface area contributed by atoms with Crippen LogP contribution < -0.4 is 5.32 Å². The molecule has 2 aliphatic rings. The molecule has 4 atom stereocenters. The molecule has 0 bridgehead atoms. The Labute approximate surface area is 139 Å². The van der Waals surface area contributed by atoms with Gasteiger partial charge in [0.25, 0.3) is 0 Å². The molecule has 1 saturated carbocycles. The van der Waals surface area contributed by atoms with E-state index < -0.39 is 23.1 Å². The van der Waals surface area contributed by atoms with Crippen LogP contribution in [0.4, 0.5) is 0 Å². The van der Waals surface area contributed by atoms with Crippen LogP contribution in [0.15, 0.2) is 0 Å². The van der Waals surface area contributed by atoms with Gasteiger partial charge >= 0.3 is 11.9 Å². The molecule has 23 heavy (non-hydrogen) atoms. The third-order valence-corrected chi connectivity index (χ3v) is 4.85. The summed E-state index contributed by atoms with van der Waals surface area (Å²) in [5, 5.41) is 2.87. The van der Waals surface area contributed by atoms with Gasteiger partial charge in [0.15, 0.2) is 0 Å². The van der Waals surface area contributed by atoms with Crippen molar-refractivity contribution in [3.63, 3.8) is 0 Å². The van der Waals surface area contributed by atoms with E-state index in [4.69, 9.17) is 9.47 Å². The predicted molar refractivity (Wildman–Crippen MR) is 87.8 cm³/mol. The fourth-order valence-corrected chi connectivity index (χ4v) is 3.31. The number of rotatable bonds is 4. The van der Waals surface area contributed by atoms with E-state index >= 15 is 0 Å². The quantitative estimate of drug-likeness (QED) is 0.489. The van der Waals surface area contributed by atoms with Gasteiger partial charge in [-0.25, -0.2) is 9.59 Å². The van der Waals surface area contributed by atoms with Crippen molar-refractivity contribution in [2.24, 2.45) is 17.8 Å². The first-order chi connectivity index (χ1) is 10.5. The van der Waals surface area contributed by atoms with Crippen molar-refractivity contribution < 1.29 is 19.1 Å². The summed E-state index contributed by atoms with van der Waals surface area (Å²) in [6.45, 7) is 12.2. The first-order valence-electron chi connectivity index (χ1n) is 8.75. The van der Waals surface area contributed by atoms with Gasteiger partial charge in [-0.15, -0.1) is 0 Å². The zero-order valence-electron chi connectivity index (χ0n) is 15.3. The molecule has 5 nitrogen and oxygen atoms in total. The molecule has 0 aromatic carbocycles. The third-order valence-electron chi connectivity index (χ3n) is 4.85. The van der Waals surface area contributed by atoms with E-state index in [1.54, 1.807) is 20.8 Å². The highest BCUT2D eigenvalue weighted by molar-refractivity contribution is 6.08.